The van der Waals surface area contributed by atoms with E-state index in [0.29, 0.717) is 29.8 Å². The summed E-state index contributed by atoms with van der Waals surface area (Å²) >= 11 is 0. The summed E-state index contributed by atoms with van der Waals surface area (Å²) in [5.74, 6) is 1.33. The van der Waals surface area contributed by atoms with Gasteiger partial charge in [-0.25, -0.2) is 4.99 Å². The van der Waals surface area contributed by atoms with E-state index in [0.717, 1.165) is 90.8 Å². The minimum atomic E-state index is 0.0618. The summed E-state index contributed by atoms with van der Waals surface area (Å²) in [4.78, 5) is 33.5. The number of amides is 1. The Balaban J connectivity index is 0.968. The number of aliphatic imine (C=N–C) groups is 3. The smallest absolute Gasteiger partial charge is 0.225 e. The van der Waals surface area contributed by atoms with Gasteiger partial charge in [0.25, 0.3) is 0 Å². The Morgan fingerprint density at radius 3 is 2.69 bits per heavy atom. The van der Waals surface area contributed by atoms with E-state index < -0.39 is 0 Å². The standard InChI is InChI=1S/C29H47N9O/c1-3-37(4-2)27-17-24(31-19-32-27)22-7-8-23-25(16-22)34-29(33-23)35-26-15-20(9-10-30-26)18-36-11-13-38(14-12-36)28(39)21-5-6-21/h10,16,19-21,23,25-27,29,33-35H,3-9,11-15,17-18H2,1-2H3. The average molecular weight is 538 g/mol. The lowest BCUT2D eigenvalue weighted by Gasteiger charge is -2.37. The number of piperazine rings is 1. The lowest BCUT2D eigenvalue weighted by molar-refractivity contribution is -0.134. The molecule has 6 rings (SSSR count). The summed E-state index contributed by atoms with van der Waals surface area (Å²) in [6, 6.07) is 0.735. The van der Waals surface area contributed by atoms with Crippen LogP contribution in [0.5, 0.6) is 0 Å². The van der Waals surface area contributed by atoms with Gasteiger partial charge in [-0.15, -0.1) is 0 Å². The second-order valence-electron chi connectivity index (χ2n) is 12.1. The van der Waals surface area contributed by atoms with Gasteiger partial charge in [-0.3, -0.25) is 40.5 Å². The van der Waals surface area contributed by atoms with E-state index in [1.807, 2.05) is 0 Å². The van der Waals surface area contributed by atoms with Gasteiger partial charge in [0.15, 0.2) is 0 Å². The fraction of sp³-hybridized carbons (Fsp3) is 0.793. The Kier molecular flexibility index (Phi) is 8.55. The SMILES string of the molecule is CCN(CC)C1CC(C2=CC3NC(NC4CC(CN5CCN(C(=O)C6CC6)CC5)CC=N4)NC3CC2)=NC=N1. The van der Waals surface area contributed by atoms with Crippen LogP contribution in [0.15, 0.2) is 26.6 Å². The average Bonchev–Trinajstić information content (AvgIpc) is 3.74. The Labute approximate surface area is 233 Å². The van der Waals surface area contributed by atoms with Crippen molar-refractivity contribution in [1.82, 2.24) is 30.7 Å². The van der Waals surface area contributed by atoms with Gasteiger partial charge in [0, 0.05) is 69.1 Å². The number of nitrogens with zero attached hydrogens (tertiary/aromatic N) is 6. The molecule has 0 aromatic rings. The number of carbonyl (C=O) groups excluding carboxylic acids is 1. The predicted molar refractivity (Wildman–Crippen MR) is 156 cm³/mol. The number of hydrogen-bond donors (Lipinski definition) is 3. The largest absolute Gasteiger partial charge is 0.340 e. The van der Waals surface area contributed by atoms with Crippen LogP contribution in [0.1, 0.15) is 58.8 Å². The number of hydrogen-bond acceptors (Lipinski definition) is 9. The first-order valence-corrected chi connectivity index (χ1v) is 15.4. The number of fused-ring (bicyclic) bond motifs is 1. The molecule has 1 saturated carbocycles. The molecule has 2 saturated heterocycles. The highest BCUT2D eigenvalue weighted by Gasteiger charge is 2.37. The summed E-state index contributed by atoms with van der Waals surface area (Å²) in [6.45, 7) is 11.3. The molecule has 3 N–H and O–H groups in total. The number of carbonyl (C=O) groups is 1. The third kappa shape index (κ3) is 6.51. The molecule has 10 heteroatoms. The maximum absolute atomic E-state index is 12.4. The third-order valence-corrected chi connectivity index (χ3v) is 9.48. The van der Waals surface area contributed by atoms with Gasteiger partial charge in [0.1, 0.15) is 25.0 Å². The van der Waals surface area contributed by atoms with Crippen molar-refractivity contribution in [3.8, 4) is 0 Å². The van der Waals surface area contributed by atoms with Gasteiger partial charge in [-0.05, 0) is 63.1 Å². The molecule has 4 heterocycles. The maximum atomic E-state index is 12.4. The summed E-state index contributed by atoms with van der Waals surface area (Å²) in [5, 5.41) is 11.3. The molecular weight excluding hydrogens is 490 g/mol. The van der Waals surface area contributed by atoms with Crippen LogP contribution >= 0.6 is 0 Å². The van der Waals surface area contributed by atoms with Crippen LogP contribution in [0.25, 0.3) is 0 Å². The Hall–Kier alpha value is -1.98. The molecule has 6 unspecified atom stereocenters. The fourth-order valence-electron chi connectivity index (χ4n) is 6.96. The molecule has 10 nitrogen and oxygen atoms in total. The highest BCUT2D eigenvalue weighted by Crippen LogP contribution is 2.31. The molecule has 4 aliphatic heterocycles. The van der Waals surface area contributed by atoms with Crippen molar-refractivity contribution in [1.29, 1.82) is 0 Å². The Morgan fingerprint density at radius 2 is 1.92 bits per heavy atom. The molecule has 0 aromatic carbocycles. The molecule has 1 amide bonds. The van der Waals surface area contributed by atoms with Gasteiger partial charge in [0.2, 0.25) is 5.91 Å². The highest BCUT2D eigenvalue weighted by molar-refractivity contribution is 6.05. The van der Waals surface area contributed by atoms with Gasteiger partial charge < -0.3 is 4.90 Å². The van der Waals surface area contributed by atoms with E-state index in [2.05, 4.69) is 66.8 Å². The minimum Gasteiger partial charge on any atom is -0.340 e. The first-order valence-electron chi connectivity index (χ1n) is 15.4. The van der Waals surface area contributed by atoms with Gasteiger partial charge in [-0.2, -0.15) is 0 Å². The molecule has 6 aliphatic rings. The van der Waals surface area contributed by atoms with Crippen molar-refractivity contribution in [2.75, 3.05) is 45.8 Å². The minimum absolute atomic E-state index is 0.0618. The molecule has 0 bridgehead atoms. The summed E-state index contributed by atoms with van der Waals surface area (Å²) < 4.78 is 0. The van der Waals surface area contributed by atoms with E-state index in [1.165, 1.54) is 11.3 Å². The van der Waals surface area contributed by atoms with E-state index >= 15 is 0 Å². The molecule has 3 fully saturated rings. The van der Waals surface area contributed by atoms with Crippen LogP contribution in [0.4, 0.5) is 0 Å². The van der Waals surface area contributed by atoms with Crippen LogP contribution in [-0.4, -0.2) is 115 Å². The van der Waals surface area contributed by atoms with Crippen molar-refractivity contribution in [3.63, 3.8) is 0 Å². The normalized spacial score (nSPS) is 35.2. The molecule has 0 radical (unpaired) electrons. The summed E-state index contributed by atoms with van der Waals surface area (Å²) in [6.07, 6.45) is 14.1. The number of allylic oxidation sites excluding steroid dienone is 1. The quantitative estimate of drug-likeness (QED) is 0.411. The molecule has 0 spiro atoms. The van der Waals surface area contributed by atoms with Crippen LogP contribution in [0.3, 0.4) is 0 Å². The first kappa shape index (κ1) is 27.2. The zero-order valence-electron chi connectivity index (χ0n) is 23.8. The van der Waals surface area contributed by atoms with Crippen molar-refractivity contribution < 1.29 is 4.79 Å². The first-order chi connectivity index (χ1) is 19.1. The molecule has 2 aliphatic carbocycles. The van der Waals surface area contributed by atoms with Crippen LogP contribution in [0, 0.1) is 11.8 Å². The second-order valence-corrected chi connectivity index (χ2v) is 12.1. The van der Waals surface area contributed by atoms with Crippen molar-refractivity contribution in [3.05, 3.63) is 11.6 Å². The van der Waals surface area contributed by atoms with Crippen molar-refractivity contribution >= 4 is 24.2 Å². The van der Waals surface area contributed by atoms with E-state index in [9.17, 15) is 4.79 Å². The number of rotatable bonds is 9. The molecule has 39 heavy (non-hydrogen) atoms. The maximum Gasteiger partial charge on any atom is 0.225 e. The third-order valence-electron chi connectivity index (χ3n) is 9.48. The van der Waals surface area contributed by atoms with Crippen molar-refractivity contribution in [2.24, 2.45) is 26.8 Å². The van der Waals surface area contributed by atoms with Crippen LogP contribution in [-0.2, 0) is 4.79 Å². The van der Waals surface area contributed by atoms with Crippen molar-refractivity contribution in [2.45, 2.75) is 89.5 Å². The zero-order valence-corrected chi connectivity index (χ0v) is 23.8. The highest BCUT2D eigenvalue weighted by atomic mass is 16.2. The molecule has 214 valence electrons. The van der Waals surface area contributed by atoms with E-state index in [-0.39, 0.29) is 18.6 Å². The second kappa shape index (κ2) is 12.3. The lowest BCUT2D eigenvalue weighted by atomic mass is 9.88. The zero-order chi connectivity index (χ0) is 26.8. The molecule has 6 atom stereocenters. The van der Waals surface area contributed by atoms with Crippen LogP contribution in [0.2, 0.25) is 0 Å². The Bertz CT molecular complexity index is 993. The summed E-state index contributed by atoms with van der Waals surface area (Å²) in [7, 11) is 0. The monoisotopic (exact) mass is 537 g/mol. The molecule has 0 aromatic heterocycles. The lowest BCUT2D eigenvalue weighted by Crippen LogP contribution is -2.53. The van der Waals surface area contributed by atoms with E-state index in [1.54, 1.807) is 6.34 Å². The van der Waals surface area contributed by atoms with Gasteiger partial charge in [0.05, 0.1) is 0 Å². The fourth-order valence-corrected chi connectivity index (χ4v) is 6.96. The van der Waals surface area contributed by atoms with E-state index in [4.69, 9.17) is 4.99 Å². The van der Waals surface area contributed by atoms with Crippen LogP contribution < -0.4 is 16.0 Å². The summed E-state index contributed by atoms with van der Waals surface area (Å²) in [5.41, 5.74) is 2.58. The van der Waals surface area contributed by atoms with Gasteiger partial charge in [-0.1, -0.05) is 19.9 Å². The Morgan fingerprint density at radius 1 is 1.10 bits per heavy atom. The predicted octanol–water partition coefficient (Wildman–Crippen LogP) is 1.41. The van der Waals surface area contributed by atoms with Gasteiger partial charge >= 0.3 is 0 Å². The number of nitrogens with one attached hydrogen (secondary N) is 3. The molecular formula is C29H47N9O. The topological polar surface area (TPSA) is 100.0 Å².